The fourth-order valence-corrected chi connectivity index (χ4v) is 5.64. The average Bonchev–Trinajstić information content (AvgIpc) is 3.39. The van der Waals surface area contributed by atoms with Gasteiger partial charge in [0.1, 0.15) is 6.61 Å². The molecule has 3 atom stereocenters. The van der Waals surface area contributed by atoms with Gasteiger partial charge >= 0.3 is 0 Å². The molecule has 0 aromatic heterocycles. The first-order chi connectivity index (χ1) is 17.2. The Morgan fingerprint density at radius 1 is 0.914 bits per heavy atom. The van der Waals surface area contributed by atoms with E-state index in [4.69, 9.17) is 21.1 Å². The molecule has 3 nitrogen and oxygen atoms in total. The lowest BCUT2D eigenvalue weighted by Gasteiger charge is -2.38. The second kappa shape index (κ2) is 9.31. The molecule has 6 rings (SSSR count). The molecule has 1 aliphatic heterocycles. The number of halogens is 1. The van der Waals surface area contributed by atoms with E-state index in [1.54, 1.807) is 0 Å². The monoisotopic (exact) mass is 481 g/mol. The third-order valence-corrected chi connectivity index (χ3v) is 7.45. The van der Waals surface area contributed by atoms with Gasteiger partial charge in [-0.25, -0.2) is 0 Å². The second-order valence-corrected chi connectivity index (χ2v) is 9.72. The predicted octanol–water partition coefficient (Wildman–Crippen LogP) is 8.30. The van der Waals surface area contributed by atoms with Crippen LogP contribution in [0, 0.1) is 5.92 Å². The number of nitrogens with one attached hydrogen (secondary N) is 1. The van der Waals surface area contributed by atoms with Crippen LogP contribution in [0.3, 0.4) is 0 Å². The highest BCUT2D eigenvalue weighted by molar-refractivity contribution is 6.30. The first kappa shape index (κ1) is 22.1. The van der Waals surface area contributed by atoms with Crippen molar-refractivity contribution in [1.29, 1.82) is 0 Å². The molecule has 4 aromatic rings. The fraction of sp³-hybridized carbons (Fsp3) is 0.226. The van der Waals surface area contributed by atoms with E-state index in [0.717, 1.165) is 28.5 Å². The third kappa shape index (κ3) is 4.15. The largest absolute Gasteiger partial charge is 0.490 e. The summed E-state index contributed by atoms with van der Waals surface area (Å²) in [5, 5.41) is 7.20. The van der Waals surface area contributed by atoms with E-state index >= 15 is 0 Å². The highest BCUT2D eigenvalue weighted by atomic mass is 35.5. The van der Waals surface area contributed by atoms with E-state index in [1.807, 2.05) is 37.3 Å². The number of benzene rings is 4. The van der Waals surface area contributed by atoms with Crippen molar-refractivity contribution < 1.29 is 9.47 Å². The Kier molecular flexibility index (Phi) is 5.87. The maximum absolute atomic E-state index is 6.16. The lowest BCUT2D eigenvalue weighted by molar-refractivity contribution is 0.268. The number of hydrogen-bond acceptors (Lipinski definition) is 3. The quantitative estimate of drug-likeness (QED) is 0.281. The zero-order valence-corrected chi connectivity index (χ0v) is 20.5. The van der Waals surface area contributed by atoms with Crippen LogP contribution in [0.1, 0.15) is 42.0 Å². The van der Waals surface area contributed by atoms with Crippen molar-refractivity contribution in [2.45, 2.75) is 31.9 Å². The smallest absolute Gasteiger partial charge is 0.161 e. The maximum Gasteiger partial charge on any atom is 0.161 e. The summed E-state index contributed by atoms with van der Waals surface area (Å²) >= 11 is 6.02. The second-order valence-electron chi connectivity index (χ2n) is 9.28. The van der Waals surface area contributed by atoms with Gasteiger partial charge in [-0.15, -0.1) is 0 Å². The molecular formula is C31H28ClNO2. The lowest BCUT2D eigenvalue weighted by atomic mass is 9.76. The molecule has 0 unspecified atom stereocenters. The summed E-state index contributed by atoms with van der Waals surface area (Å²) in [6.45, 7) is 3.06. The van der Waals surface area contributed by atoms with Gasteiger partial charge in [0, 0.05) is 22.0 Å². The Morgan fingerprint density at radius 3 is 2.63 bits per heavy atom. The third-order valence-electron chi connectivity index (χ3n) is 7.20. The number of rotatable bonds is 6. The van der Waals surface area contributed by atoms with Crippen molar-refractivity contribution in [3.63, 3.8) is 0 Å². The highest BCUT2D eigenvalue weighted by Gasteiger charge is 2.38. The van der Waals surface area contributed by atoms with Crippen molar-refractivity contribution in [3.8, 4) is 11.5 Å². The van der Waals surface area contributed by atoms with Crippen LogP contribution >= 0.6 is 11.6 Å². The van der Waals surface area contributed by atoms with Gasteiger partial charge in [0.05, 0.1) is 12.6 Å². The summed E-state index contributed by atoms with van der Waals surface area (Å²) in [6.07, 6.45) is 5.79. The van der Waals surface area contributed by atoms with Crippen molar-refractivity contribution >= 4 is 28.1 Å². The van der Waals surface area contributed by atoms with Crippen LogP contribution < -0.4 is 14.8 Å². The zero-order chi connectivity index (χ0) is 23.8. The van der Waals surface area contributed by atoms with Crippen molar-refractivity contribution in [1.82, 2.24) is 0 Å². The van der Waals surface area contributed by atoms with Gasteiger partial charge in [-0.2, -0.15) is 0 Å². The lowest BCUT2D eigenvalue weighted by Crippen LogP contribution is -2.29. The van der Waals surface area contributed by atoms with Gasteiger partial charge in [0.2, 0.25) is 0 Å². The van der Waals surface area contributed by atoms with E-state index in [0.29, 0.717) is 25.0 Å². The van der Waals surface area contributed by atoms with E-state index in [1.165, 1.54) is 27.6 Å². The molecule has 0 spiro atoms. The molecule has 35 heavy (non-hydrogen) atoms. The first-order valence-corrected chi connectivity index (χ1v) is 12.7. The summed E-state index contributed by atoms with van der Waals surface area (Å²) in [4.78, 5) is 0. The Morgan fingerprint density at radius 2 is 1.77 bits per heavy atom. The SMILES string of the molecule is CCOc1cc([C@H]2Nc3c(ccc4ccccc34)[C@@H]3C=CC[C@H]23)ccc1OCc1ccc(Cl)cc1. The summed E-state index contributed by atoms with van der Waals surface area (Å²) < 4.78 is 12.2. The van der Waals surface area contributed by atoms with Crippen LogP contribution in [0.4, 0.5) is 5.69 Å². The maximum atomic E-state index is 6.16. The van der Waals surface area contributed by atoms with Gasteiger partial charge in [-0.05, 0) is 65.6 Å². The molecule has 0 saturated heterocycles. The minimum Gasteiger partial charge on any atom is -0.490 e. The minimum atomic E-state index is 0.192. The van der Waals surface area contributed by atoms with Crippen LogP contribution in [0.25, 0.3) is 10.8 Å². The molecule has 0 bridgehead atoms. The van der Waals surface area contributed by atoms with Crippen LogP contribution in [-0.4, -0.2) is 6.61 Å². The van der Waals surface area contributed by atoms with Gasteiger partial charge < -0.3 is 14.8 Å². The Balaban J connectivity index is 1.33. The van der Waals surface area contributed by atoms with E-state index < -0.39 is 0 Å². The molecule has 0 radical (unpaired) electrons. The zero-order valence-electron chi connectivity index (χ0n) is 19.7. The molecule has 1 N–H and O–H groups in total. The summed E-state index contributed by atoms with van der Waals surface area (Å²) in [6, 6.07) is 27.5. The normalized spacial score (nSPS) is 20.2. The number of anilines is 1. The van der Waals surface area contributed by atoms with Gasteiger partial charge in [-0.1, -0.05) is 78.4 Å². The fourth-order valence-electron chi connectivity index (χ4n) is 5.52. The molecular weight excluding hydrogens is 454 g/mol. The Labute approximate surface area is 211 Å². The Bertz CT molecular complexity index is 1400. The highest BCUT2D eigenvalue weighted by Crippen LogP contribution is 2.52. The standard InChI is InChI=1S/C31H28ClNO2/c1-2-34-29-18-22(13-17-28(29)35-19-20-10-14-23(32)15-11-20)30-26-9-5-8-25(26)27-16-12-21-6-3-4-7-24(21)31(27)33-30/h3-8,10-18,25-26,30,33H,2,9,19H2,1H3/t25-,26+,30-/m1/s1. The molecule has 1 aliphatic carbocycles. The first-order valence-electron chi connectivity index (χ1n) is 12.3. The number of allylic oxidation sites excluding steroid dienone is 2. The molecule has 2 aliphatic rings. The summed E-state index contributed by atoms with van der Waals surface area (Å²) in [7, 11) is 0. The molecule has 176 valence electrons. The van der Waals surface area contributed by atoms with E-state index in [9.17, 15) is 0 Å². The summed E-state index contributed by atoms with van der Waals surface area (Å²) in [5.74, 6) is 2.43. The molecule has 4 heteroatoms. The van der Waals surface area contributed by atoms with Crippen LogP contribution in [-0.2, 0) is 6.61 Å². The van der Waals surface area contributed by atoms with Crippen molar-refractivity contribution in [2.24, 2.45) is 5.92 Å². The molecule has 4 aromatic carbocycles. The van der Waals surface area contributed by atoms with Crippen molar-refractivity contribution in [2.75, 3.05) is 11.9 Å². The van der Waals surface area contributed by atoms with Gasteiger partial charge in [-0.3, -0.25) is 0 Å². The number of fused-ring (bicyclic) bond motifs is 5. The number of hydrogen-bond donors (Lipinski definition) is 1. The molecule has 0 amide bonds. The Hall–Kier alpha value is -3.43. The van der Waals surface area contributed by atoms with E-state index in [-0.39, 0.29) is 6.04 Å². The topological polar surface area (TPSA) is 30.5 Å². The molecule has 0 fully saturated rings. The summed E-state index contributed by atoms with van der Waals surface area (Å²) in [5.41, 5.74) is 4.94. The number of ether oxygens (including phenoxy) is 2. The van der Waals surface area contributed by atoms with Gasteiger partial charge in [0.15, 0.2) is 11.5 Å². The van der Waals surface area contributed by atoms with Crippen LogP contribution in [0.2, 0.25) is 5.02 Å². The average molecular weight is 482 g/mol. The molecule has 1 heterocycles. The van der Waals surface area contributed by atoms with E-state index in [2.05, 4.69) is 66.0 Å². The molecule has 0 saturated carbocycles. The van der Waals surface area contributed by atoms with Crippen molar-refractivity contribution in [3.05, 3.63) is 113 Å². The van der Waals surface area contributed by atoms with Gasteiger partial charge in [0.25, 0.3) is 0 Å². The minimum absolute atomic E-state index is 0.192. The van der Waals surface area contributed by atoms with Crippen LogP contribution in [0.15, 0.2) is 91.0 Å². The van der Waals surface area contributed by atoms with Crippen LogP contribution in [0.5, 0.6) is 11.5 Å². The predicted molar refractivity (Wildman–Crippen MR) is 144 cm³/mol.